The zero-order valence-corrected chi connectivity index (χ0v) is 9.48. The molecule has 1 N–H and O–H groups in total. The Hall–Kier alpha value is -1.88. The van der Waals surface area contributed by atoms with Crippen LogP contribution in [0, 0.1) is 5.82 Å². The summed E-state index contributed by atoms with van der Waals surface area (Å²) in [6.07, 6.45) is 0. The van der Waals surface area contributed by atoms with Crippen molar-refractivity contribution in [2.24, 2.45) is 0 Å². The second-order valence-electron chi connectivity index (χ2n) is 3.87. The number of hydrogen-bond acceptors (Lipinski definition) is 3. The monoisotopic (exact) mass is 237 g/mol. The standard InChI is InChI=1S/C12H12FNO3/c1-7-10(12(15)16)11(14(2)17-7)8-4-3-5-9(13)6-8/h3-6,11H,1-2H3,(H,15,16). The first-order valence-corrected chi connectivity index (χ1v) is 5.11. The molecule has 1 aliphatic rings. The van der Waals surface area contributed by atoms with Crippen molar-refractivity contribution in [2.75, 3.05) is 7.05 Å². The summed E-state index contributed by atoms with van der Waals surface area (Å²) in [5.74, 6) is -1.12. The second-order valence-corrected chi connectivity index (χ2v) is 3.87. The summed E-state index contributed by atoms with van der Waals surface area (Å²) in [7, 11) is 1.62. The van der Waals surface area contributed by atoms with Gasteiger partial charge in [0.15, 0.2) is 0 Å². The molecule has 1 atom stereocenters. The van der Waals surface area contributed by atoms with Crippen LogP contribution >= 0.6 is 0 Å². The van der Waals surface area contributed by atoms with E-state index in [0.29, 0.717) is 11.3 Å². The minimum atomic E-state index is -1.05. The molecule has 0 saturated heterocycles. The summed E-state index contributed by atoms with van der Waals surface area (Å²) in [5.41, 5.74) is 0.694. The van der Waals surface area contributed by atoms with Gasteiger partial charge in [0.25, 0.3) is 0 Å². The maximum atomic E-state index is 13.2. The molecule has 4 nitrogen and oxygen atoms in total. The molecule has 1 unspecified atom stereocenters. The van der Waals surface area contributed by atoms with Gasteiger partial charge in [-0.2, -0.15) is 0 Å². The molecule has 0 bridgehead atoms. The van der Waals surface area contributed by atoms with E-state index in [1.165, 1.54) is 17.2 Å². The Morgan fingerprint density at radius 1 is 1.53 bits per heavy atom. The molecular weight excluding hydrogens is 225 g/mol. The molecule has 17 heavy (non-hydrogen) atoms. The number of halogens is 1. The number of allylic oxidation sites excluding steroid dienone is 1. The molecule has 1 aromatic carbocycles. The van der Waals surface area contributed by atoms with Gasteiger partial charge in [-0.1, -0.05) is 12.1 Å². The summed E-state index contributed by atoms with van der Waals surface area (Å²) in [6, 6.07) is 5.27. The van der Waals surface area contributed by atoms with Gasteiger partial charge in [-0.05, 0) is 24.6 Å². The van der Waals surface area contributed by atoms with Gasteiger partial charge < -0.3 is 9.94 Å². The molecule has 0 fully saturated rings. The molecule has 0 spiro atoms. The SMILES string of the molecule is CC1=C(C(=O)O)C(c2cccc(F)c2)N(C)O1. The van der Waals surface area contributed by atoms with Crippen LogP contribution in [0.15, 0.2) is 35.6 Å². The fourth-order valence-corrected chi connectivity index (χ4v) is 2.01. The lowest BCUT2D eigenvalue weighted by Gasteiger charge is -2.19. The summed E-state index contributed by atoms with van der Waals surface area (Å²) in [6.45, 7) is 1.58. The highest BCUT2D eigenvalue weighted by Crippen LogP contribution is 2.36. The van der Waals surface area contributed by atoms with Crippen LogP contribution in [0.4, 0.5) is 4.39 Å². The number of carbonyl (C=O) groups is 1. The molecule has 1 heterocycles. The van der Waals surface area contributed by atoms with Crippen LogP contribution in [0.25, 0.3) is 0 Å². The first-order chi connectivity index (χ1) is 8.00. The third-order valence-electron chi connectivity index (χ3n) is 2.69. The van der Waals surface area contributed by atoms with Crippen molar-refractivity contribution < 1.29 is 19.1 Å². The van der Waals surface area contributed by atoms with E-state index in [2.05, 4.69) is 0 Å². The fourth-order valence-electron chi connectivity index (χ4n) is 2.01. The topological polar surface area (TPSA) is 49.8 Å². The van der Waals surface area contributed by atoms with Gasteiger partial charge in [0.1, 0.15) is 23.2 Å². The van der Waals surface area contributed by atoms with Crippen molar-refractivity contribution in [1.29, 1.82) is 0 Å². The number of aliphatic carboxylic acids is 1. The summed E-state index contributed by atoms with van der Waals surface area (Å²) in [5, 5.41) is 10.6. The van der Waals surface area contributed by atoms with E-state index in [9.17, 15) is 9.18 Å². The molecule has 1 aliphatic heterocycles. The van der Waals surface area contributed by atoms with Crippen molar-refractivity contribution in [1.82, 2.24) is 5.06 Å². The Kier molecular flexibility index (Phi) is 2.85. The van der Waals surface area contributed by atoms with Crippen molar-refractivity contribution in [2.45, 2.75) is 13.0 Å². The largest absolute Gasteiger partial charge is 0.478 e. The molecule has 0 radical (unpaired) electrons. The fraction of sp³-hybridized carbons (Fsp3) is 0.250. The highest BCUT2D eigenvalue weighted by Gasteiger charge is 2.36. The van der Waals surface area contributed by atoms with Crippen LogP contribution in [0.1, 0.15) is 18.5 Å². The zero-order valence-electron chi connectivity index (χ0n) is 9.48. The lowest BCUT2D eigenvalue weighted by molar-refractivity contribution is -0.134. The van der Waals surface area contributed by atoms with Crippen LogP contribution in [0.5, 0.6) is 0 Å². The number of benzene rings is 1. The molecule has 0 aromatic heterocycles. The van der Waals surface area contributed by atoms with E-state index in [1.807, 2.05) is 0 Å². The summed E-state index contributed by atoms with van der Waals surface area (Å²) >= 11 is 0. The van der Waals surface area contributed by atoms with E-state index in [4.69, 9.17) is 9.94 Å². The molecule has 90 valence electrons. The van der Waals surface area contributed by atoms with Gasteiger partial charge in [0.05, 0.1) is 0 Å². The number of nitrogens with zero attached hydrogens (tertiary/aromatic N) is 1. The second kappa shape index (κ2) is 4.18. The zero-order chi connectivity index (χ0) is 12.6. The normalized spacial score (nSPS) is 20.5. The average Bonchev–Trinajstić information content (AvgIpc) is 2.53. The molecule has 5 heteroatoms. The average molecular weight is 237 g/mol. The molecule has 0 aliphatic carbocycles. The van der Waals surface area contributed by atoms with Gasteiger partial charge in [-0.15, -0.1) is 5.06 Å². The number of rotatable bonds is 2. The highest BCUT2D eigenvalue weighted by molar-refractivity contribution is 5.89. The van der Waals surface area contributed by atoms with E-state index < -0.39 is 17.8 Å². The number of hydroxylamine groups is 2. The Morgan fingerprint density at radius 3 is 2.82 bits per heavy atom. The lowest BCUT2D eigenvalue weighted by atomic mass is 9.98. The van der Waals surface area contributed by atoms with Crippen LogP contribution in [0.2, 0.25) is 0 Å². The molecule has 1 aromatic rings. The quantitative estimate of drug-likeness (QED) is 0.855. The van der Waals surface area contributed by atoms with Gasteiger partial charge in [-0.3, -0.25) is 0 Å². The maximum Gasteiger partial charge on any atom is 0.337 e. The van der Waals surface area contributed by atoms with Gasteiger partial charge in [0.2, 0.25) is 0 Å². The van der Waals surface area contributed by atoms with Crippen LogP contribution in [-0.4, -0.2) is 23.2 Å². The van der Waals surface area contributed by atoms with Crippen LogP contribution in [0.3, 0.4) is 0 Å². The first-order valence-electron chi connectivity index (χ1n) is 5.11. The van der Waals surface area contributed by atoms with E-state index in [-0.39, 0.29) is 5.57 Å². The number of likely N-dealkylation sites (N-methyl/N-ethyl adjacent to an activating group) is 1. The predicted molar refractivity (Wildman–Crippen MR) is 58.3 cm³/mol. The summed E-state index contributed by atoms with van der Waals surface area (Å²) in [4.78, 5) is 16.4. The maximum absolute atomic E-state index is 13.2. The predicted octanol–water partition coefficient (Wildman–Crippen LogP) is 2.10. The van der Waals surface area contributed by atoms with Gasteiger partial charge in [0, 0.05) is 7.05 Å². The van der Waals surface area contributed by atoms with Crippen LogP contribution in [-0.2, 0) is 9.63 Å². The third-order valence-corrected chi connectivity index (χ3v) is 2.69. The molecule has 0 saturated carbocycles. The molecular formula is C12H12FNO3. The number of carboxylic acid groups (broad SMARTS) is 1. The smallest absolute Gasteiger partial charge is 0.337 e. The van der Waals surface area contributed by atoms with Crippen LogP contribution < -0.4 is 0 Å². The van der Waals surface area contributed by atoms with Gasteiger partial charge in [-0.25, -0.2) is 9.18 Å². The summed E-state index contributed by atoms with van der Waals surface area (Å²) < 4.78 is 13.2. The first kappa shape index (κ1) is 11.6. The molecule has 0 amide bonds. The van der Waals surface area contributed by atoms with Gasteiger partial charge >= 0.3 is 5.97 Å². The number of carboxylic acids is 1. The highest BCUT2D eigenvalue weighted by atomic mass is 19.1. The Labute approximate surface area is 97.9 Å². The van der Waals surface area contributed by atoms with Crippen molar-refractivity contribution in [3.05, 3.63) is 47.0 Å². The minimum absolute atomic E-state index is 0.137. The molecule has 2 rings (SSSR count). The van der Waals surface area contributed by atoms with E-state index in [0.717, 1.165) is 0 Å². The lowest BCUT2D eigenvalue weighted by Crippen LogP contribution is -2.21. The van der Waals surface area contributed by atoms with Crippen molar-refractivity contribution >= 4 is 5.97 Å². The van der Waals surface area contributed by atoms with E-state index in [1.54, 1.807) is 26.1 Å². The van der Waals surface area contributed by atoms with Crippen molar-refractivity contribution in [3.63, 3.8) is 0 Å². The minimum Gasteiger partial charge on any atom is -0.478 e. The Bertz CT molecular complexity index is 498. The van der Waals surface area contributed by atoms with E-state index >= 15 is 0 Å². The van der Waals surface area contributed by atoms with Crippen molar-refractivity contribution in [3.8, 4) is 0 Å². The Morgan fingerprint density at radius 2 is 2.24 bits per heavy atom. The number of hydrogen-bond donors (Lipinski definition) is 1. The third kappa shape index (κ3) is 2.01. The Balaban J connectivity index is 2.47.